The number of imidazole rings is 1. The van der Waals surface area contributed by atoms with Crippen LogP contribution < -0.4 is 0 Å². The molecule has 4 nitrogen and oxygen atoms in total. The van der Waals surface area contributed by atoms with Crippen LogP contribution in [0.1, 0.15) is 5.82 Å². The molecule has 3 rings (SSSR count). The van der Waals surface area contributed by atoms with E-state index >= 15 is 0 Å². The SMILES string of the molecule is Cc1nc(Cl)c2c(ncn2-c2ccc(Br)cc2)n1. The summed E-state index contributed by atoms with van der Waals surface area (Å²) in [7, 11) is 0. The second-order valence-corrected chi connectivity index (χ2v) is 5.10. The number of hydrogen-bond donors (Lipinski definition) is 0. The van der Waals surface area contributed by atoms with Crippen molar-refractivity contribution in [2.75, 3.05) is 0 Å². The molecule has 18 heavy (non-hydrogen) atoms. The maximum absolute atomic E-state index is 6.17. The molecule has 0 aliphatic heterocycles. The van der Waals surface area contributed by atoms with Crippen LogP contribution in [0.2, 0.25) is 5.15 Å². The molecule has 1 aromatic carbocycles. The number of rotatable bonds is 1. The highest BCUT2D eigenvalue weighted by Gasteiger charge is 2.11. The summed E-state index contributed by atoms with van der Waals surface area (Å²) >= 11 is 9.58. The van der Waals surface area contributed by atoms with Gasteiger partial charge in [-0.15, -0.1) is 0 Å². The zero-order chi connectivity index (χ0) is 12.7. The lowest BCUT2D eigenvalue weighted by atomic mass is 10.3. The van der Waals surface area contributed by atoms with Crippen molar-refractivity contribution in [1.82, 2.24) is 19.5 Å². The van der Waals surface area contributed by atoms with Gasteiger partial charge in [0, 0.05) is 10.2 Å². The molecule has 3 aromatic rings. The fourth-order valence-electron chi connectivity index (χ4n) is 1.78. The summed E-state index contributed by atoms with van der Waals surface area (Å²) in [6.45, 7) is 1.80. The van der Waals surface area contributed by atoms with Gasteiger partial charge in [0.1, 0.15) is 17.7 Å². The van der Waals surface area contributed by atoms with E-state index in [2.05, 4.69) is 30.9 Å². The number of hydrogen-bond acceptors (Lipinski definition) is 3. The Morgan fingerprint density at radius 3 is 2.61 bits per heavy atom. The van der Waals surface area contributed by atoms with Crippen LogP contribution in [0, 0.1) is 6.92 Å². The zero-order valence-electron chi connectivity index (χ0n) is 9.43. The van der Waals surface area contributed by atoms with E-state index in [1.807, 2.05) is 28.8 Å². The van der Waals surface area contributed by atoms with Crippen molar-refractivity contribution in [1.29, 1.82) is 0 Å². The van der Waals surface area contributed by atoms with Gasteiger partial charge in [0.2, 0.25) is 0 Å². The third-order valence-electron chi connectivity index (χ3n) is 2.58. The molecule has 0 saturated heterocycles. The van der Waals surface area contributed by atoms with Crippen molar-refractivity contribution in [2.45, 2.75) is 6.92 Å². The molecule has 0 saturated carbocycles. The number of benzene rings is 1. The molecule has 0 radical (unpaired) electrons. The zero-order valence-corrected chi connectivity index (χ0v) is 11.8. The van der Waals surface area contributed by atoms with Crippen molar-refractivity contribution in [3.63, 3.8) is 0 Å². The third kappa shape index (κ3) is 1.89. The summed E-state index contributed by atoms with van der Waals surface area (Å²) in [5.74, 6) is 0.619. The van der Waals surface area contributed by atoms with Gasteiger partial charge < -0.3 is 0 Å². The minimum Gasteiger partial charge on any atom is -0.295 e. The summed E-state index contributed by atoms with van der Waals surface area (Å²) in [5.41, 5.74) is 2.30. The van der Waals surface area contributed by atoms with Crippen LogP contribution >= 0.6 is 27.5 Å². The number of halogens is 2. The smallest absolute Gasteiger partial charge is 0.182 e. The average molecular weight is 324 g/mol. The van der Waals surface area contributed by atoms with Crippen molar-refractivity contribution in [3.8, 4) is 5.69 Å². The van der Waals surface area contributed by atoms with Gasteiger partial charge in [0.25, 0.3) is 0 Å². The van der Waals surface area contributed by atoms with Crippen LogP contribution in [0.4, 0.5) is 0 Å². The molecule has 0 N–H and O–H groups in total. The first-order chi connectivity index (χ1) is 8.65. The van der Waals surface area contributed by atoms with E-state index in [0.29, 0.717) is 16.6 Å². The highest BCUT2D eigenvalue weighted by Crippen LogP contribution is 2.23. The van der Waals surface area contributed by atoms with Gasteiger partial charge in [0.15, 0.2) is 10.8 Å². The van der Waals surface area contributed by atoms with Gasteiger partial charge in [-0.25, -0.2) is 15.0 Å². The Morgan fingerprint density at radius 2 is 1.89 bits per heavy atom. The molecular weight excluding hydrogens is 316 g/mol. The van der Waals surface area contributed by atoms with Crippen molar-refractivity contribution < 1.29 is 0 Å². The van der Waals surface area contributed by atoms with Crippen molar-refractivity contribution in [3.05, 3.63) is 46.0 Å². The molecule has 6 heteroatoms. The maximum Gasteiger partial charge on any atom is 0.182 e. The quantitative estimate of drug-likeness (QED) is 0.643. The summed E-state index contributed by atoms with van der Waals surface area (Å²) in [4.78, 5) is 12.7. The molecule has 0 spiro atoms. The van der Waals surface area contributed by atoms with Gasteiger partial charge >= 0.3 is 0 Å². The van der Waals surface area contributed by atoms with Gasteiger partial charge in [-0.2, -0.15) is 0 Å². The number of aromatic nitrogens is 4. The lowest BCUT2D eigenvalue weighted by Crippen LogP contribution is -1.95. The van der Waals surface area contributed by atoms with Crippen molar-refractivity contribution in [2.24, 2.45) is 0 Å². The standard InChI is InChI=1S/C12H8BrClN4/c1-7-16-11(14)10-12(17-7)15-6-18(10)9-4-2-8(13)3-5-9/h2-6H,1H3. The van der Waals surface area contributed by atoms with Gasteiger partial charge in [-0.1, -0.05) is 27.5 Å². The predicted molar refractivity (Wildman–Crippen MR) is 74.1 cm³/mol. The molecule has 2 heterocycles. The first kappa shape index (κ1) is 11.6. The van der Waals surface area contributed by atoms with Gasteiger partial charge in [0.05, 0.1) is 0 Å². The van der Waals surface area contributed by atoms with E-state index in [1.165, 1.54) is 0 Å². The molecular formula is C12H8BrClN4. The monoisotopic (exact) mass is 322 g/mol. The second-order valence-electron chi connectivity index (χ2n) is 3.82. The van der Waals surface area contributed by atoms with Crippen molar-refractivity contribution >= 4 is 38.7 Å². The largest absolute Gasteiger partial charge is 0.295 e. The van der Waals surface area contributed by atoms with Gasteiger partial charge in [-0.05, 0) is 31.2 Å². The van der Waals surface area contributed by atoms with Crippen LogP contribution in [0.3, 0.4) is 0 Å². The maximum atomic E-state index is 6.17. The van der Waals surface area contributed by atoms with Crippen LogP contribution in [0.25, 0.3) is 16.9 Å². The van der Waals surface area contributed by atoms with Crippen LogP contribution in [-0.4, -0.2) is 19.5 Å². The number of nitrogens with zero attached hydrogens (tertiary/aromatic N) is 4. The molecule has 0 fully saturated rings. The summed E-state index contributed by atoms with van der Waals surface area (Å²) in [6, 6.07) is 7.87. The second kappa shape index (κ2) is 4.33. The van der Waals surface area contributed by atoms with E-state index in [-0.39, 0.29) is 0 Å². The number of aryl methyl sites for hydroxylation is 1. The molecule has 0 bridgehead atoms. The fraction of sp³-hybridized carbons (Fsp3) is 0.0833. The van der Waals surface area contributed by atoms with Crippen LogP contribution in [0.15, 0.2) is 35.1 Å². The van der Waals surface area contributed by atoms with Crippen LogP contribution in [0.5, 0.6) is 0 Å². The summed E-state index contributed by atoms with van der Waals surface area (Å²) < 4.78 is 2.90. The van der Waals surface area contributed by atoms with E-state index in [9.17, 15) is 0 Å². The molecule has 0 aliphatic carbocycles. The Hall–Kier alpha value is -1.46. The molecule has 0 atom stereocenters. The lowest BCUT2D eigenvalue weighted by molar-refractivity contribution is 1.06. The topological polar surface area (TPSA) is 43.6 Å². The number of fused-ring (bicyclic) bond motifs is 1. The average Bonchev–Trinajstić information content (AvgIpc) is 2.74. The van der Waals surface area contributed by atoms with Gasteiger partial charge in [-0.3, -0.25) is 4.57 Å². The Balaban J connectivity index is 2.27. The molecule has 0 aliphatic rings. The Morgan fingerprint density at radius 1 is 1.17 bits per heavy atom. The molecule has 2 aromatic heterocycles. The fourth-order valence-corrected chi connectivity index (χ4v) is 2.35. The Bertz CT molecular complexity index is 721. The normalized spacial score (nSPS) is 11.1. The minimum absolute atomic E-state index is 0.415. The first-order valence-electron chi connectivity index (χ1n) is 5.28. The van der Waals surface area contributed by atoms with E-state index in [4.69, 9.17) is 11.6 Å². The predicted octanol–water partition coefficient (Wildman–Crippen LogP) is 3.54. The van der Waals surface area contributed by atoms with Crippen LogP contribution in [-0.2, 0) is 0 Å². The Kier molecular flexibility index (Phi) is 2.80. The molecule has 0 amide bonds. The lowest BCUT2D eigenvalue weighted by Gasteiger charge is -2.05. The van der Waals surface area contributed by atoms with E-state index in [0.717, 1.165) is 15.7 Å². The first-order valence-corrected chi connectivity index (χ1v) is 6.45. The molecule has 90 valence electrons. The van der Waals surface area contributed by atoms with E-state index in [1.54, 1.807) is 13.3 Å². The Labute approximate surface area is 117 Å². The minimum atomic E-state index is 0.415. The highest BCUT2D eigenvalue weighted by atomic mass is 79.9. The summed E-state index contributed by atoms with van der Waals surface area (Å²) in [5, 5.41) is 0.415. The van der Waals surface area contributed by atoms with E-state index < -0.39 is 0 Å². The highest BCUT2D eigenvalue weighted by molar-refractivity contribution is 9.10. The molecule has 0 unspecified atom stereocenters. The summed E-state index contributed by atoms with van der Waals surface area (Å²) in [6.07, 6.45) is 1.70. The third-order valence-corrected chi connectivity index (χ3v) is 3.37.